The Kier molecular flexibility index (Phi) is 12.4. The van der Waals surface area contributed by atoms with Crippen LogP contribution in [0.25, 0.3) is 0 Å². The van der Waals surface area contributed by atoms with Crippen LogP contribution in [0.3, 0.4) is 0 Å². The molecule has 4 nitrogen and oxygen atoms in total. The summed E-state index contributed by atoms with van der Waals surface area (Å²) in [5, 5.41) is 0. The van der Waals surface area contributed by atoms with Crippen molar-refractivity contribution in [2.24, 2.45) is 5.92 Å². The second kappa shape index (κ2) is 14.0. The van der Waals surface area contributed by atoms with E-state index in [1.807, 2.05) is 38.1 Å². The third-order valence-electron chi connectivity index (χ3n) is 3.88. The van der Waals surface area contributed by atoms with Crippen LogP contribution in [0.5, 0.6) is 0 Å². The topological polar surface area (TPSA) is 52.6 Å². The first kappa shape index (κ1) is 22.9. The fourth-order valence-corrected chi connectivity index (χ4v) is 3.05. The van der Waals surface area contributed by atoms with E-state index in [4.69, 9.17) is 9.47 Å². The summed E-state index contributed by atoms with van der Waals surface area (Å²) in [5.41, 5.74) is 1.03. The van der Waals surface area contributed by atoms with E-state index >= 15 is 0 Å². The third kappa shape index (κ3) is 12.3. The fourth-order valence-electron chi connectivity index (χ4n) is 2.44. The van der Waals surface area contributed by atoms with E-state index in [-0.39, 0.29) is 11.9 Å². The van der Waals surface area contributed by atoms with Gasteiger partial charge in [0, 0.05) is 16.4 Å². The molecule has 26 heavy (non-hydrogen) atoms. The summed E-state index contributed by atoms with van der Waals surface area (Å²) in [5.74, 6) is 0.174. The van der Waals surface area contributed by atoms with Gasteiger partial charge in [-0.25, -0.2) is 0 Å². The Morgan fingerprint density at radius 3 is 2.08 bits per heavy atom. The van der Waals surface area contributed by atoms with E-state index in [1.165, 1.54) is 0 Å². The van der Waals surface area contributed by atoms with Gasteiger partial charge in [0.1, 0.15) is 6.61 Å². The van der Waals surface area contributed by atoms with E-state index in [1.54, 1.807) is 0 Å². The second-order valence-electron chi connectivity index (χ2n) is 6.99. The Morgan fingerprint density at radius 2 is 1.50 bits per heavy atom. The zero-order valence-electron chi connectivity index (χ0n) is 16.0. The van der Waals surface area contributed by atoms with E-state index in [2.05, 4.69) is 22.6 Å². The summed E-state index contributed by atoms with van der Waals surface area (Å²) >= 11 is 2.25. The molecule has 0 saturated carbocycles. The molecule has 0 spiro atoms. The number of esters is 2. The van der Waals surface area contributed by atoms with Crippen LogP contribution in [0, 0.1) is 9.49 Å². The van der Waals surface area contributed by atoms with Gasteiger partial charge in [-0.15, -0.1) is 0 Å². The van der Waals surface area contributed by atoms with Gasteiger partial charge < -0.3 is 9.47 Å². The molecule has 0 aliphatic rings. The highest BCUT2D eigenvalue weighted by Crippen LogP contribution is 2.12. The van der Waals surface area contributed by atoms with Crippen molar-refractivity contribution in [3.63, 3.8) is 0 Å². The highest BCUT2D eigenvalue weighted by atomic mass is 127. The van der Waals surface area contributed by atoms with Crippen molar-refractivity contribution in [2.45, 2.75) is 71.8 Å². The molecule has 1 aromatic rings. The third-order valence-corrected chi connectivity index (χ3v) is 4.55. The molecule has 0 aliphatic heterocycles. The summed E-state index contributed by atoms with van der Waals surface area (Å²) in [6, 6.07) is 7.97. The molecule has 0 fully saturated rings. The minimum Gasteiger partial charge on any atom is -0.465 e. The van der Waals surface area contributed by atoms with Crippen LogP contribution in [0.2, 0.25) is 0 Å². The minimum atomic E-state index is -0.128. The normalized spacial score (nSPS) is 10.8. The van der Waals surface area contributed by atoms with Gasteiger partial charge in [0.15, 0.2) is 0 Å². The number of hydrogen-bond acceptors (Lipinski definition) is 4. The average molecular weight is 474 g/mol. The zero-order chi connectivity index (χ0) is 19.2. The van der Waals surface area contributed by atoms with E-state index < -0.39 is 0 Å². The van der Waals surface area contributed by atoms with Gasteiger partial charge in [-0.05, 0) is 59.0 Å². The first-order valence-electron chi connectivity index (χ1n) is 9.53. The molecule has 1 aromatic carbocycles. The number of benzene rings is 1. The highest BCUT2D eigenvalue weighted by molar-refractivity contribution is 14.1. The van der Waals surface area contributed by atoms with Crippen molar-refractivity contribution in [1.29, 1.82) is 0 Å². The molecule has 0 aliphatic carbocycles. The van der Waals surface area contributed by atoms with Gasteiger partial charge in [-0.1, -0.05) is 51.7 Å². The van der Waals surface area contributed by atoms with Gasteiger partial charge in [0.25, 0.3) is 0 Å². The number of carbonyl (C=O) groups is 2. The Bertz CT molecular complexity index is 543. The van der Waals surface area contributed by atoms with Crippen LogP contribution in [-0.2, 0) is 25.7 Å². The molecule has 0 atom stereocenters. The molecule has 0 unspecified atom stereocenters. The number of hydrogen-bond donors (Lipinski definition) is 0. The second-order valence-corrected chi connectivity index (χ2v) is 8.23. The fraction of sp³-hybridized carbons (Fsp3) is 0.619. The molecule has 0 radical (unpaired) electrons. The first-order valence-corrected chi connectivity index (χ1v) is 10.6. The monoisotopic (exact) mass is 474 g/mol. The predicted molar refractivity (Wildman–Crippen MR) is 112 cm³/mol. The van der Waals surface area contributed by atoms with Crippen LogP contribution >= 0.6 is 22.6 Å². The van der Waals surface area contributed by atoms with E-state index in [0.29, 0.717) is 32.0 Å². The van der Waals surface area contributed by atoms with Gasteiger partial charge in [0.05, 0.1) is 6.61 Å². The molecule has 0 amide bonds. The standard InChI is InChI=1S/C21H31IO4/c1-17(2)15-25-20(23)12-7-5-3-4-6-8-13-21(24)26-16-18-10-9-11-19(22)14-18/h9-11,14,17H,3-8,12-13,15-16H2,1-2H3. The summed E-state index contributed by atoms with van der Waals surface area (Å²) < 4.78 is 11.6. The van der Waals surface area contributed by atoms with Crippen LogP contribution in [0.1, 0.15) is 70.8 Å². The van der Waals surface area contributed by atoms with Crippen molar-refractivity contribution < 1.29 is 19.1 Å². The molecule has 146 valence electrons. The van der Waals surface area contributed by atoms with Gasteiger partial charge in [-0.2, -0.15) is 0 Å². The van der Waals surface area contributed by atoms with Crippen molar-refractivity contribution in [3.8, 4) is 0 Å². The van der Waals surface area contributed by atoms with E-state index in [9.17, 15) is 9.59 Å². The SMILES string of the molecule is CC(C)COC(=O)CCCCCCCCC(=O)OCc1cccc(I)c1. The molecule has 1 rings (SSSR count). The average Bonchev–Trinajstić information content (AvgIpc) is 2.60. The lowest BCUT2D eigenvalue weighted by Crippen LogP contribution is -2.09. The van der Waals surface area contributed by atoms with Crippen molar-refractivity contribution >= 4 is 34.5 Å². The van der Waals surface area contributed by atoms with Gasteiger partial charge in [0.2, 0.25) is 0 Å². The van der Waals surface area contributed by atoms with Crippen molar-refractivity contribution in [2.75, 3.05) is 6.61 Å². The van der Waals surface area contributed by atoms with Crippen LogP contribution in [0.4, 0.5) is 0 Å². The molecule has 5 heteroatoms. The smallest absolute Gasteiger partial charge is 0.306 e. The molecule has 0 saturated heterocycles. The van der Waals surface area contributed by atoms with Crippen molar-refractivity contribution in [1.82, 2.24) is 0 Å². The first-order chi connectivity index (χ1) is 12.5. The molecular formula is C21H31IO4. The highest BCUT2D eigenvalue weighted by Gasteiger charge is 2.05. The summed E-state index contributed by atoms with van der Waals surface area (Å²) in [6.07, 6.45) is 6.98. The number of rotatable bonds is 13. The molecule has 0 aromatic heterocycles. The molecule has 0 N–H and O–H groups in total. The maximum Gasteiger partial charge on any atom is 0.306 e. The Hall–Kier alpha value is -1.11. The maximum absolute atomic E-state index is 11.7. The Balaban J connectivity index is 1.93. The van der Waals surface area contributed by atoms with Crippen molar-refractivity contribution in [3.05, 3.63) is 33.4 Å². The zero-order valence-corrected chi connectivity index (χ0v) is 18.1. The van der Waals surface area contributed by atoms with Gasteiger partial charge >= 0.3 is 11.9 Å². The summed E-state index contributed by atoms with van der Waals surface area (Å²) in [6.45, 7) is 4.93. The van der Waals surface area contributed by atoms with Crippen LogP contribution < -0.4 is 0 Å². The summed E-state index contributed by atoms with van der Waals surface area (Å²) in [4.78, 5) is 23.2. The lowest BCUT2D eigenvalue weighted by Gasteiger charge is -2.07. The number of carbonyl (C=O) groups excluding carboxylic acids is 2. The van der Waals surface area contributed by atoms with Crippen LogP contribution in [-0.4, -0.2) is 18.5 Å². The number of unbranched alkanes of at least 4 members (excludes halogenated alkanes) is 5. The van der Waals surface area contributed by atoms with Crippen LogP contribution in [0.15, 0.2) is 24.3 Å². The Labute approximate surface area is 171 Å². The molecular weight excluding hydrogens is 443 g/mol. The lowest BCUT2D eigenvalue weighted by molar-refractivity contribution is -0.145. The number of halogens is 1. The Morgan fingerprint density at radius 1 is 0.923 bits per heavy atom. The molecule has 0 bridgehead atoms. The number of ether oxygens (including phenoxy) is 2. The largest absolute Gasteiger partial charge is 0.465 e. The van der Waals surface area contributed by atoms with E-state index in [0.717, 1.165) is 47.7 Å². The molecule has 0 heterocycles. The maximum atomic E-state index is 11.7. The minimum absolute atomic E-state index is 0.0884. The summed E-state index contributed by atoms with van der Waals surface area (Å²) in [7, 11) is 0. The lowest BCUT2D eigenvalue weighted by atomic mass is 10.1. The predicted octanol–water partition coefficient (Wildman–Crippen LogP) is 5.65. The quantitative estimate of drug-likeness (QED) is 0.211. The van der Waals surface area contributed by atoms with Gasteiger partial charge in [-0.3, -0.25) is 9.59 Å².